The summed E-state index contributed by atoms with van der Waals surface area (Å²) in [5, 5.41) is 0. The van der Waals surface area contributed by atoms with E-state index in [1.807, 2.05) is 12.1 Å². The molecule has 0 unspecified atom stereocenters. The summed E-state index contributed by atoms with van der Waals surface area (Å²) in [5.41, 5.74) is 7.80. The fraction of sp³-hybridized carbons (Fsp3) is 0.500. The zero-order chi connectivity index (χ0) is 11.4. The smallest absolute Gasteiger partial charge is 0.0325 e. The summed E-state index contributed by atoms with van der Waals surface area (Å²) in [6.45, 7) is 8.65. The fourth-order valence-electron chi connectivity index (χ4n) is 1.57. The van der Waals surface area contributed by atoms with E-state index >= 15 is 0 Å². The first-order valence-corrected chi connectivity index (χ1v) is 6.11. The van der Waals surface area contributed by atoms with E-state index in [-0.39, 0.29) is 0 Å². The Hall–Kier alpha value is -0.540. The molecule has 1 aromatic carbocycles. The number of hydrogen-bond acceptors (Lipinski definition) is 2. The largest absolute Gasteiger partial charge is 0.399 e. The van der Waals surface area contributed by atoms with E-state index in [1.165, 1.54) is 5.56 Å². The molecule has 84 valence electrons. The van der Waals surface area contributed by atoms with E-state index < -0.39 is 0 Å². The van der Waals surface area contributed by atoms with Gasteiger partial charge in [0.05, 0.1) is 0 Å². The lowest BCUT2D eigenvalue weighted by Crippen LogP contribution is -2.30. The van der Waals surface area contributed by atoms with Gasteiger partial charge in [-0.25, -0.2) is 0 Å². The molecular weight excluding hydrogens is 252 g/mol. The number of hydrogen-bond donors (Lipinski definition) is 1. The number of halogens is 1. The van der Waals surface area contributed by atoms with Crippen molar-refractivity contribution in [2.24, 2.45) is 0 Å². The number of nitrogen functional groups attached to an aromatic ring is 1. The second kappa shape index (κ2) is 5.52. The normalized spacial score (nSPS) is 11.3. The molecule has 0 aliphatic carbocycles. The average Bonchev–Trinajstić information content (AvgIpc) is 2.16. The van der Waals surface area contributed by atoms with Crippen molar-refractivity contribution in [3.05, 3.63) is 28.2 Å². The van der Waals surface area contributed by atoms with Crippen LogP contribution in [0.5, 0.6) is 0 Å². The molecule has 15 heavy (non-hydrogen) atoms. The minimum atomic E-state index is 0.569. The second-order valence-corrected chi connectivity index (χ2v) is 4.86. The van der Waals surface area contributed by atoms with Crippen LogP contribution >= 0.6 is 15.9 Å². The van der Waals surface area contributed by atoms with E-state index in [9.17, 15) is 0 Å². The van der Waals surface area contributed by atoms with Gasteiger partial charge in [-0.05, 0) is 38.1 Å². The van der Waals surface area contributed by atoms with Crippen molar-refractivity contribution in [1.82, 2.24) is 4.90 Å². The van der Waals surface area contributed by atoms with Crippen LogP contribution in [0, 0.1) is 0 Å². The fourth-order valence-corrected chi connectivity index (χ4v) is 2.09. The van der Waals surface area contributed by atoms with E-state index in [0.29, 0.717) is 6.04 Å². The summed E-state index contributed by atoms with van der Waals surface area (Å²) >= 11 is 3.55. The summed E-state index contributed by atoms with van der Waals surface area (Å²) in [6, 6.07) is 6.57. The number of benzene rings is 1. The zero-order valence-corrected chi connectivity index (χ0v) is 11.2. The molecule has 0 saturated heterocycles. The molecule has 1 rings (SSSR count). The van der Waals surface area contributed by atoms with Gasteiger partial charge in [-0.3, -0.25) is 4.90 Å². The van der Waals surface area contributed by atoms with Crippen LogP contribution in [0.15, 0.2) is 22.7 Å². The van der Waals surface area contributed by atoms with Gasteiger partial charge in [0.1, 0.15) is 0 Å². The van der Waals surface area contributed by atoms with Gasteiger partial charge in [-0.15, -0.1) is 0 Å². The first-order valence-electron chi connectivity index (χ1n) is 5.32. The van der Waals surface area contributed by atoms with Gasteiger partial charge in [0.2, 0.25) is 0 Å². The molecule has 2 N–H and O–H groups in total. The average molecular weight is 271 g/mol. The monoisotopic (exact) mass is 270 g/mol. The second-order valence-electron chi connectivity index (χ2n) is 4.01. The third-order valence-electron chi connectivity index (χ3n) is 2.59. The van der Waals surface area contributed by atoms with Crippen molar-refractivity contribution in [2.75, 3.05) is 12.3 Å². The topological polar surface area (TPSA) is 29.3 Å². The molecule has 0 spiro atoms. The van der Waals surface area contributed by atoms with Crippen molar-refractivity contribution in [2.45, 2.75) is 33.4 Å². The van der Waals surface area contributed by atoms with Crippen LogP contribution in [-0.4, -0.2) is 17.5 Å². The molecule has 0 aliphatic heterocycles. The quantitative estimate of drug-likeness (QED) is 0.852. The molecular formula is C12H19BrN2. The van der Waals surface area contributed by atoms with Gasteiger partial charge in [0.15, 0.2) is 0 Å². The highest BCUT2D eigenvalue weighted by molar-refractivity contribution is 9.10. The summed E-state index contributed by atoms with van der Waals surface area (Å²) in [4.78, 5) is 2.41. The van der Waals surface area contributed by atoms with Crippen molar-refractivity contribution < 1.29 is 0 Å². The minimum Gasteiger partial charge on any atom is -0.399 e. The molecule has 0 aliphatic rings. The number of anilines is 1. The highest BCUT2D eigenvalue weighted by atomic mass is 79.9. The van der Waals surface area contributed by atoms with Crippen LogP contribution in [0.3, 0.4) is 0 Å². The molecule has 0 saturated carbocycles. The minimum absolute atomic E-state index is 0.569. The summed E-state index contributed by atoms with van der Waals surface area (Å²) in [7, 11) is 0. The van der Waals surface area contributed by atoms with Gasteiger partial charge in [0, 0.05) is 22.7 Å². The van der Waals surface area contributed by atoms with Crippen molar-refractivity contribution >= 4 is 21.6 Å². The van der Waals surface area contributed by atoms with Crippen LogP contribution in [0.1, 0.15) is 26.3 Å². The lowest BCUT2D eigenvalue weighted by molar-refractivity contribution is 0.224. The maximum Gasteiger partial charge on any atom is 0.0325 e. The van der Waals surface area contributed by atoms with Crippen LogP contribution in [0.25, 0.3) is 0 Å². The van der Waals surface area contributed by atoms with Gasteiger partial charge < -0.3 is 5.73 Å². The maximum atomic E-state index is 5.71. The van der Waals surface area contributed by atoms with Gasteiger partial charge in [-0.2, -0.15) is 0 Å². The summed E-state index contributed by atoms with van der Waals surface area (Å²) in [6.07, 6.45) is 0. The highest BCUT2D eigenvalue weighted by Gasteiger charge is 2.09. The predicted molar refractivity (Wildman–Crippen MR) is 69.8 cm³/mol. The predicted octanol–water partition coefficient (Wildman–Crippen LogP) is 3.26. The van der Waals surface area contributed by atoms with Crippen molar-refractivity contribution in [3.8, 4) is 0 Å². The Morgan fingerprint density at radius 2 is 2.07 bits per heavy atom. The highest BCUT2D eigenvalue weighted by Crippen LogP contribution is 2.21. The van der Waals surface area contributed by atoms with Gasteiger partial charge >= 0.3 is 0 Å². The number of nitrogens with zero attached hydrogens (tertiary/aromatic N) is 1. The van der Waals surface area contributed by atoms with Crippen molar-refractivity contribution in [3.63, 3.8) is 0 Å². The summed E-state index contributed by atoms with van der Waals surface area (Å²) < 4.78 is 1.10. The molecule has 1 aromatic rings. The van der Waals surface area contributed by atoms with Crippen LogP contribution < -0.4 is 5.73 Å². The lowest BCUT2D eigenvalue weighted by Gasteiger charge is -2.25. The van der Waals surface area contributed by atoms with Gasteiger partial charge in [-0.1, -0.05) is 28.9 Å². The Kier molecular flexibility index (Phi) is 4.61. The zero-order valence-electron chi connectivity index (χ0n) is 9.63. The molecule has 3 heteroatoms. The number of nitrogens with two attached hydrogens (primary N) is 1. The Bertz CT molecular complexity index is 323. The Balaban J connectivity index is 2.79. The van der Waals surface area contributed by atoms with E-state index in [1.54, 1.807) is 0 Å². The van der Waals surface area contributed by atoms with Gasteiger partial charge in [0.25, 0.3) is 0 Å². The molecule has 0 heterocycles. The third kappa shape index (κ3) is 3.50. The standard InChI is InChI=1S/C12H19BrN2/c1-4-15(9(2)3)8-10-5-6-11(14)7-12(10)13/h5-7,9H,4,8,14H2,1-3H3. The van der Waals surface area contributed by atoms with E-state index in [4.69, 9.17) is 5.73 Å². The summed E-state index contributed by atoms with van der Waals surface area (Å²) in [5.74, 6) is 0. The Morgan fingerprint density at radius 3 is 2.53 bits per heavy atom. The van der Waals surface area contributed by atoms with Crippen LogP contribution in [-0.2, 0) is 6.54 Å². The molecule has 2 nitrogen and oxygen atoms in total. The van der Waals surface area contributed by atoms with Crippen LogP contribution in [0.4, 0.5) is 5.69 Å². The first kappa shape index (κ1) is 12.5. The van der Waals surface area contributed by atoms with Crippen LogP contribution in [0.2, 0.25) is 0 Å². The molecule has 0 bridgehead atoms. The van der Waals surface area contributed by atoms with Crippen molar-refractivity contribution in [1.29, 1.82) is 0 Å². The first-order chi connectivity index (χ1) is 7.04. The Labute approximate surface area is 101 Å². The Morgan fingerprint density at radius 1 is 1.40 bits per heavy atom. The molecule has 0 amide bonds. The molecule has 0 aromatic heterocycles. The molecule has 0 fully saturated rings. The molecule has 0 atom stereocenters. The third-order valence-corrected chi connectivity index (χ3v) is 3.33. The molecule has 0 radical (unpaired) electrons. The lowest BCUT2D eigenvalue weighted by atomic mass is 10.1. The number of rotatable bonds is 4. The van der Waals surface area contributed by atoms with E-state index in [2.05, 4.69) is 47.7 Å². The van der Waals surface area contributed by atoms with E-state index in [0.717, 1.165) is 23.2 Å². The SMILES string of the molecule is CCN(Cc1ccc(N)cc1Br)C(C)C. The maximum absolute atomic E-state index is 5.71.